The first-order valence-electron chi connectivity index (χ1n) is 7.50. The highest BCUT2D eigenvalue weighted by molar-refractivity contribution is 6.30. The Morgan fingerprint density at radius 2 is 1.59 bits per heavy atom. The van der Waals surface area contributed by atoms with Gasteiger partial charge in [-0.1, -0.05) is 60.1 Å². The van der Waals surface area contributed by atoms with E-state index in [9.17, 15) is 0 Å². The van der Waals surface area contributed by atoms with E-state index in [1.807, 2.05) is 12.1 Å². The smallest absolute Gasteiger partial charge is 0.0555 e. The molecule has 1 aliphatic heterocycles. The first-order valence-corrected chi connectivity index (χ1v) is 7.88. The van der Waals surface area contributed by atoms with Crippen LogP contribution in [0.1, 0.15) is 17.2 Å². The SMILES string of the molecule is Clc1ccc(C2Cc3cc(-c4ccccc4)ccc3N2)cc1. The van der Waals surface area contributed by atoms with Crippen LogP contribution in [0.25, 0.3) is 11.1 Å². The first kappa shape index (κ1) is 13.4. The molecule has 4 rings (SSSR count). The van der Waals surface area contributed by atoms with Crippen LogP contribution in [0, 0.1) is 0 Å². The van der Waals surface area contributed by atoms with Crippen LogP contribution in [0.2, 0.25) is 5.02 Å². The van der Waals surface area contributed by atoms with Crippen LogP contribution in [0.5, 0.6) is 0 Å². The lowest BCUT2D eigenvalue weighted by Crippen LogP contribution is -2.04. The Labute approximate surface area is 135 Å². The predicted octanol–water partition coefficient (Wildman–Crippen LogP) is 5.72. The van der Waals surface area contributed by atoms with Crippen molar-refractivity contribution in [3.63, 3.8) is 0 Å². The fourth-order valence-electron chi connectivity index (χ4n) is 3.07. The Morgan fingerprint density at radius 1 is 0.818 bits per heavy atom. The Kier molecular flexibility index (Phi) is 3.36. The number of anilines is 1. The highest BCUT2D eigenvalue weighted by Crippen LogP contribution is 2.36. The summed E-state index contributed by atoms with van der Waals surface area (Å²) >= 11 is 5.98. The highest BCUT2D eigenvalue weighted by Gasteiger charge is 2.22. The van der Waals surface area contributed by atoms with Crippen LogP contribution < -0.4 is 5.32 Å². The van der Waals surface area contributed by atoms with Gasteiger partial charge in [-0.25, -0.2) is 0 Å². The average molecular weight is 306 g/mol. The lowest BCUT2D eigenvalue weighted by atomic mass is 9.99. The van der Waals surface area contributed by atoms with E-state index in [1.54, 1.807) is 0 Å². The molecule has 108 valence electrons. The molecule has 3 aromatic rings. The van der Waals surface area contributed by atoms with Gasteiger partial charge in [-0.05, 0) is 52.9 Å². The molecule has 0 aliphatic carbocycles. The van der Waals surface area contributed by atoms with Gasteiger partial charge in [0.05, 0.1) is 6.04 Å². The van der Waals surface area contributed by atoms with Crippen molar-refractivity contribution < 1.29 is 0 Å². The molecule has 1 heterocycles. The molecule has 0 fully saturated rings. The van der Waals surface area contributed by atoms with E-state index in [1.165, 1.54) is 27.9 Å². The Bertz CT molecular complexity index is 794. The summed E-state index contributed by atoms with van der Waals surface area (Å²) in [6.45, 7) is 0. The molecular formula is C20H16ClN. The minimum Gasteiger partial charge on any atom is -0.378 e. The molecule has 1 aliphatic rings. The molecule has 0 saturated carbocycles. The quantitative estimate of drug-likeness (QED) is 0.639. The summed E-state index contributed by atoms with van der Waals surface area (Å²) in [6, 6.07) is 25.6. The summed E-state index contributed by atoms with van der Waals surface area (Å²) in [7, 11) is 0. The van der Waals surface area contributed by atoms with Crippen molar-refractivity contribution in [1.29, 1.82) is 0 Å². The van der Waals surface area contributed by atoms with Crippen LogP contribution in [-0.4, -0.2) is 0 Å². The van der Waals surface area contributed by atoms with E-state index in [0.29, 0.717) is 6.04 Å². The zero-order valence-electron chi connectivity index (χ0n) is 12.1. The molecule has 0 radical (unpaired) electrons. The van der Waals surface area contributed by atoms with Gasteiger partial charge in [-0.2, -0.15) is 0 Å². The second-order valence-corrected chi connectivity index (χ2v) is 6.13. The highest BCUT2D eigenvalue weighted by atomic mass is 35.5. The molecule has 22 heavy (non-hydrogen) atoms. The van der Waals surface area contributed by atoms with Crippen LogP contribution >= 0.6 is 11.6 Å². The van der Waals surface area contributed by atoms with Crippen molar-refractivity contribution in [1.82, 2.24) is 0 Å². The lowest BCUT2D eigenvalue weighted by molar-refractivity contribution is 0.824. The van der Waals surface area contributed by atoms with Gasteiger partial charge in [-0.3, -0.25) is 0 Å². The molecule has 0 spiro atoms. The maximum absolute atomic E-state index is 5.98. The van der Waals surface area contributed by atoms with Gasteiger partial charge in [0.2, 0.25) is 0 Å². The number of hydrogen-bond acceptors (Lipinski definition) is 1. The van der Waals surface area contributed by atoms with Crippen molar-refractivity contribution in [2.75, 3.05) is 5.32 Å². The molecule has 1 nitrogen and oxygen atoms in total. The zero-order valence-corrected chi connectivity index (χ0v) is 12.8. The predicted molar refractivity (Wildman–Crippen MR) is 93.4 cm³/mol. The molecule has 1 unspecified atom stereocenters. The normalized spacial score (nSPS) is 16.1. The van der Waals surface area contributed by atoms with Gasteiger partial charge >= 0.3 is 0 Å². The van der Waals surface area contributed by atoms with Gasteiger partial charge in [-0.15, -0.1) is 0 Å². The summed E-state index contributed by atoms with van der Waals surface area (Å²) in [5, 5.41) is 4.39. The summed E-state index contributed by atoms with van der Waals surface area (Å²) < 4.78 is 0. The van der Waals surface area contributed by atoms with E-state index in [4.69, 9.17) is 11.6 Å². The van der Waals surface area contributed by atoms with Crippen molar-refractivity contribution in [2.24, 2.45) is 0 Å². The van der Waals surface area contributed by atoms with Crippen LogP contribution in [0.4, 0.5) is 5.69 Å². The van der Waals surface area contributed by atoms with E-state index >= 15 is 0 Å². The van der Waals surface area contributed by atoms with E-state index in [-0.39, 0.29) is 0 Å². The standard InChI is InChI=1S/C20H16ClN/c21-18-9-6-15(7-10-18)20-13-17-12-16(8-11-19(17)22-20)14-4-2-1-3-5-14/h1-12,20,22H,13H2. The monoisotopic (exact) mass is 305 g/mol. The molecule has 0 amide bonds. The Morgan fingerprint density at radius 3 is 2.36 bits per heavy atom. The lowest BCUT2D eigenvalue weighted by Gasteiger charge is -2.11. The molecule has 0 bridgehead atoms. The summed E-state index contributed by atoms with van der Waals surface area (Å²) in [5.41, 5.74) is 6.43. The topological polar surface area (TPSA) is 12.0 Å². The van der Waals surface area contributed by atoms with Crippen LogP contribution in [0.15, 0.2) is 72.8 Å². The number of rotatable bonds is 2. The van der Waals surface area contributed by atoms with Gasteiger partial charge in [0.1, 0.15) is 0 Å². The van der Waals surface area contributed by atoms with Gasteiger partial charge in [0, 0.05) is 10.7 Å². The van der Waals surface area contributed by atoms with Gasteiger partial charge in [0.25, 0.3) is 0 Å². The summed E-state index contributed by atoms with van der Waals surface area (Å²) in [5.74, 6) is 0. The fourth-order valence-corrected chi connectivity index (χ4v) is 3.19. The molecule has 0 aromatic heterocycles. The Balaban J connectivity index is 1.63. The number of halogens is 1. The molecule has 0 saturated heterocycles. The van der Waals surface area contributed by atoms with Crippen molar-refractivity contribution in [3.05, 3.63) is 88.9 Å². The summed E-state index contributed by atoms with van der Waals surface area (Å²) in [6.07, 6.45) is 1.01. The number of nitrogens with one attached hydrogen (secondary N) is 1. The van der Waals surface area contributed by atoms with Crippen molar-refractivity contribution in [2.45, 2.75) is 12.5 Å². The summed E-state index contributed by atoms with van der Waals surface area (Å²) in [4.78, 5) is 0. The number of fused-ring (bicyclic) bond motifs is 1. The number of hydrogen-bond donors (Lipinski definition) is 1. The van der Waals surface area contributed by atoms with E-state index in [2.05, 4.69) is 66.0 Å². The van der Waals surface area contributed by atoms with Crippen LogP contribution in [0.3, 0.4) is 0 Å². The molecule has 1 atom stereocenters. The van der Waals surface area contributed by atoms with Gasteiger partial charge in [0.15, 0.2) is 0 Å². The zero-order chi connectivity index (χ0) is 14.9. The van der Waals surface area contributed by atoms with Gasteiger partial charge < -0.3 is 5.32 Å². The van der Waals surface area contributed by atoms with Crippen molar-refractivity contribution >= 4 is 17.3 Å². The number of benzene rings is 3. The van der Waals surface area contributed by atoms with Crippen molar-refractivity contribution in [3.8, 4) is 11.1 Å². The van der Waals surface area contributed by atoms with E-state index < -0.39 is 0 Å². The third-order valence-corrected chi connectivity index (χ3v) is 4.49. The third kappa shape index (κ3) is 2.49. The second kappa shape index (κ2) is 5.51. The first-order chi connectivity index (χ1) is 10.8. The minimum atomic E-state index is 0.332. The largest absolute Gasteiger partial charge is 0.378 e. The maximum Gasteiger partial charge on any atom is 0.0555 e. The molecule has 3 aromatic carbocycles. The molecule has 1 N–H and O–H groups in total. The van der Waals surface area contributed by atoms with E-state index in [0.717, 1.165) is 11.4 Å². The van der Waals surface area contributed by atoms with Crippen LogP contribution in [-0.2, 0) is 6.42 Å². The molecular weight excluding hydrogens is 290 g/mol. The third-order valence-electron chi connectivity index (χ3n) is 4.24. The molecule has 2 heteroatoms. The average Bonchev–Trinajstić information content (AvgIpc) is 2.99. The second-order valence-electron chi connectivity index (χ2n) is 5.69. The Hall–Kier alpha value is -2.25. The minimum absolute atomic E-state index is 0.332. The fraction of sp³-hybridized carbons (Fsp3) is 0.100. The maximum atomic E-state index is 5.98.